The number of nitrogens with zero attached hydrogens (tertiary/aromatic N) is 1. The van der Waals surface area contributed by atoms with E-state index < -0.39 is 48.3 Å². The summed E-state index contributed by atoms with van der Waals surface area (Å²) in [5.74, 6) is -2.59. The summed E-state index contributed by atoms with van der Waals surface area (Å²) in [7, 11) is 0. The number of anilines is 1. The second kappa shape index (κ2) is 7.51. The lowest BCUT2D eigenvalue weighted by Gasteiger charge is -2.19. The standard InChI is InChI=1S/C17H17ClFN3O5/c18-11-7-10(19)3-4-12(11)20-13(23)9-27-14(24)8-22-15(25)17(21-16(22)26)5-1-2-6-17/h3-4,7H,1-2,5-6,8-9H2,(H,20,23)(H,21,26). The number of carbonyl (C=O) groups excluding carboxylic acids is 4. The van der Waals surface area contributed by atoms with Gasteiger partial charge in [0.2, 0.25) is 0 Å². The van der Waals surface area contributed by atoms with Crippen molar-refractivity contribution in [2.45, 2.75) is 31.2 Å². The van der Waals surface area contributed by atoms with Gasteiger partial charge in [-0.2, -0.15) is 0 Å². The number of hydrogen-bond acceptors (Lipinski definition) is 5. The minimum atomic E-state index is -0.909. The maximum Gasteiger partial charge on any atom is 0.326 e. The van der Waals surface area contributed by atoms with E-state index in [0.29, 0.717) is 12.8 Å². The summed E-state index contributed by atoms with van der Waals surface area (Å²) in [5.41, 5.74) is -0.745. The lowest BCUT2D eigenvalue weighted by molar-refractivity contribution is -0.150. The summed E-state index contributed by atoms with van der Waals surface area (Å²) in [4.78, 5) is 49.0. The maximum atomic E-state index is 13.0. The van der Waals surface area contributed by atoms with Crippen LogP contribution in [-0.4, -0.2) is 47.4 Å². The summed E-state index contributed by atoms with van der Waals surface area (Å²) in [6, 6.07) is 2.77. The topological polar surface area (TPSA) is 105 Å². The Bertz CT molecular complexity index is 810. The smallest absolute Gasteiger partial charge is 0.326 e. The molecule has 1 aromatic carbocycles. The van der Waals surface area contributed by atoms with Gasteiger partial charge in [0.15, 0.2) is 6.61 Å². The molecule has 0 unspecified atom stereocenters. The quantitative estimate of drug-likeness (QED) is 0.582. The third-order valence-electron chi connectivity index (χ3n) is 4.56. The van der Waals surface area contributed by atoms with E-state index in [2.05, 4.69) is 10.6 Å². The number of halogens is 2. The van der Waals surface area contributed by atoms with E-state index in [9.17, 15) is 23.6 Å². The van der Waals surface area contributed by atoms with Crippen LogP contribution in [0.5, 0.6) is 0 Å². The lowest BCUT2D eigenvalue weighted by atomic mass is 9.98. The van der Waals surface area contributed by atoms with Gasteiger partial charge >= 0.3 is 12.0 Å². The lowest BCUT2D eigenvalue weighted by Crippen LogP contribution is -2.44. The van der Waals surface area contributed by atoms with Crippen LogP contribution in [0.2, 0.25) is 5.02 Å². The van der Waals surface area contributed by atoms with E-state index in [1.165, 1.54) is 6.07 Å². The van der Waals surface area contributed by atoms with Crippen molar-refractivity contribution >= 4 is 41.1 Å². The summed E-state index contributed by atoms with van der Waals surface area (Å²) >= 11 is 5.79. The fraction of sp³-hybridized carbons (Fsp3) is 0.412. The zero-order chi connectivity index (χ0) is 19.6. The highest BCUT2D eigenvalue weighted by atomic mass is 35.5. The van der Waals surface area contributed by atoms with Crippen LogP contribution in [0, 0.1) is 5.82 Å². The molecule has 1 saturated heterocycles. The first-order valence-corrected chi connectivity index (χ1v) is 8.73. The summed E-state index contributed by atoms with van der Waals surface area (Å²) in [6.45, 7) is -1.21. The van der Waals surface area contributed by atoms with E-state index in [-0.39, 0.29) is 10.7 Å². The van der Waals surface area contributed by atoms with Crippen molar-refractivity contribution in [2.75, 3.05) is 18.5 Å². The minimum Gasteiger partial charge on any atom is -0.454 e. The number of rotatable bonds is 5. The highest BCUT2D eigenvalue weighted by Crippen LogP contribution is 2.34. The summed E-state index contributed by atoms with van der Waals surface area (Å²) in [5, 5.41) is 5.01. The van der Waals surface area contributed by atoms with E-state index in [4.69, 9.17) is 16.3 Å². The Hall–Kier alpha value is -2.68. The Morgan fingerprint density at radius 1 is 1.30 bits per heavy atom. The van der Waals surface area contributed by atoms with Gasteiger partial charge in [-0.1, -0.05) is 24.4 Å². The number of ether oxygens (including phenoxy) is 1. The number of carbonyl (C=O) groups is 4. The van der Waals surface area contributed by atoms with Gasteiger partial charge in [-0.05, 0) is 31.0 Å². The molecule has 1 spiro atoms. The minimum absolute atomic E-state index is 0.00382. The molecule has 0 radical (unpaired) electrons. The Morgan fingerprint density at radius 2 is 2.00 bits per heavy atom. The molecule has 0 bridgehead atoms. The van der Waals surface area contributed by atoms with E-state index in [0.717, 1.165) is 29.9 Å². The summed E-state index contributed by atoms with van der Waals surface area (Å²) < 4.78 is 17.8. The Morgan fingerprint density at radius 3 is 2.67 bits per heavy atom. The predicted molar refractivity (Wildman–Crippen MR) is 92.4 cm³/mol. The van der Waals surface area contributed by atoms with E-state index >= 15 is 0 Å². The molecule has 1 saturated carbocycles. The first-order chi connectivity index (χ1) is 12.8. The average molecular weight is 398 g/mol. The van der Waals surface area contributed by atoms with Gasteiger partial charge in [0.1, 0.15) is 17.9 Å². The van der Waals surface area contributed by atoms with Crippen LogP contribution in [0.25, 0.3) is 0 Å². The zero-order valence-corrected chi connectivity index (χ0v) is 15.0. The highest BCUT2D eigenvalue weighted by molar-refractivity contribution is 6.33. The van der Waals surface area contributed by atoms with Crippen molar-refractivity contribution in [3.05, 3.63) is 29.0 Å². The van der Waals surface area contributed by atoms with E-state index in [1.807, 2.05) is 0 Å². The Balaban J connectivity index is 1.50. The number of benzene rings is 1. The molecule has 10 heteroatoms. The number of esters is 1. The van der Waals surface area contributed by atoms with Gasteiger partial charge in [0.25, 0.3) is 11.8 Å². The van der Waals surface area contributed by atoms with Crippen LogP contribution >= 0.6 is 11.6 Å². The number of imide groups is 1. The van der Waals surface area contributed by atoms with Crippen LogP contribution in [0.3, 0.4) is 0 Å². The molecule has 2 aliphatic rings. The number of hydrogen-bond donors (Lipinski definition) is 2. The van der Waals surface area contributed by atoms with Crippen LogP contribution < -0.4 is 10.6 Å². The van der Waals surface area contributed by atoms with Crippen molar-refractivity contribution in [1.82, 2.24) is 10.2 Å². The first-order valence-electron chi connectivity index (χ1n) is 8.35. The van der Waals surface area contributed by atoms with Crippen molar-refractivity contribution in [2.24, 2.45) is 0 Å². The largest absolute Gasteiger partial charge is 0.454 e. The Labute approximate surface area is 159 Å². The number of urea groups is 1. The fourth-order valence-electron chi connectivity index (χ4n) is 3.24. The van der Waals surface area contributed by atoms with E-state index in [1.54, 1.807) is 0 Å². The molecule has 1 aliphatic heterocycles. The third kappa shape index (κ3) is 4.02. The molecule has 3 rings (SSSR count). The van der Waals surface area contributed by atoms with Crippen LogP contribution in [0.4, 0.5) is 14.9 Å². The molecular formula is C17H17ClFN3O5. The second-order valence-corrected chi connectivity index (χ2v) is 6.85. The average Bonchev–Trinajstić information content (AvgIpc) is 3.17. The normalized spacial score (nSPS) is 17.9. The Kier molecular flexibility index (Phi) is 5.31. The molecule has 144 valence electrons. The molecule has 2 fully saturated rings. The van der Waals surface area contributed by atoms with Gasteiger partial charge < -0.3 is 15.4 Å². The molecule has 0 atom stereocenters. The predicted octanol–water partition coefficient (Wildman–Crippen LogP) is 1.83. The molecule has 27 heavy (non-hydrogen) atoms. The molecule has 1 aromatic rings. The molecular weight excluding hydrogens is 381 g/mol. The number of nitrogens with one attached hydrogen (secondary N) is 2. The van der Waals surface area contributed by atoms with Crippen LogP contribution in [0.1, 0.15) is 25.7 Å². The molecule has 0 aromatic heterocycles. The summed E-state index contributed by atoms with van der Waals surface area (Å²) in [6.07, 6.45) is 2.75. The van der Waals surface area contributed by atoms with Gasteiger partial charge in [0.05, 0.1) is 10.7 Å². The van der Waals surface area contributed by atoms with Crippen molar-refractivity contribution in [3.8, 4) is 0 Å². The number of amides is 4. The van der Waals surface area contributed by atoms with Gasteiger partial charge in [-0.25, -0.2) is 9.18 Å². The molecule has 1 aliphatic carbocycles. The molecule has 2 N–H and O–H groups in total. The molecule has 4 amide bonds. The van der Waals surface area contributed by atoms with Crippen LogP contribution in [0.15, 0.2) is 18.2 Å². The first kappa shape index (κ1) is 19.1. The van der Waals surface area contributed by atoms with Crippen molar-refractivity contribution in [1.29, 1.82) is 0 Å². The van der Waals surface area contributed by atoms with Gasteiger partial charge in [0, 0.05) is 0 Å². The SMILES string of the molecule is O=C(COC(=O)CN1C(=O)NC2(CCCC2)C1=O)Nc1ccc(F)cc1Cl. The monoisotopic (exact) mass is 397 g/mol. The third-order valence-corrected chi connectivity index (χ3v) is 4.87. The van der Waals surface area contributed by atoms with Crippen molar-refractivity contribution in [3.63, 3.8) is 0 Å². The van der Waals surface area contributed by atoms with Gasteiger partial charge in [-0.15, -0.1) is 0 Å². The highest BCUT2D eigenvalue weighted by Gasteiger charge is 2.52. The van der Waals surface area contributed by atoms with Gasteiger partial charge in [-0.3, -0.25) is 19.3 Å². The fourth-order valence-corrected chi connectivity index (χ4v) is 3.45. The van der Waals surface area contributed by atoms with Crippen LogP contribution in [-0.2, 0) is 19.1 Å². The molecule has 8 nitrogen and oxygen atoms in total. The second-order valence-electron chi connectivity index (χ2n) is 6.44. The zero-order valence-electron chi connectivity index (χ0n) is 14.2. The maximum absolute atomic E-state index is 13.0. The molecule has 1 heterocycles. The van der Waals surface area contributed by atoms with Crippen molar-refractivity contribution < 1.29 is 28.3 Å².